The fraction of sp³-hybridized carbons (Fsp3) is 0.300. The standard InChI is InChI=1S/C20H22Cl2N2O2/c1-3-18(20(26)23-2)24(13-15-8-4-5-10-17(15)22)19(25)12-14-7-6-9-16(21)11-14/h4-11,18H,3,12-13H2,1-2H3,(H,23,26)/t18-/m1/s1. The van der Waals surface area contributed by atoms with Crippen LogP contribution >= 0.6 is 23.2 Å². The Bertz CT molecular complexity index is 780. The largest absolute Gasteiger partial charge is 0.357 e. The van der Waals surface area contributed by atoms with Crippen molar-refractivity contribution in [2.45, 2.75) is 32.4 Å². The zero-order chi connectivity index (χ0) is 19.1. The molecule has 2 aromatic rings. The molecule has 0 aromatic heterocycles. The van der Waals surface area contributed by atoms with Crippen LogP contribution < -0.4 is 5.32 Å². The van der Waals surface area contributed by atoms with E-state index in [9.17, 15) is 9.59 Å². The van der Waals surface area contributed by atoms with Crippen molar-refractivity contribution in [2.75, 3.05) is 7.05 Å². The van der Waals surface area contributed by atoms with Crippen LogP contribution in [0.25, 0.3) is 0 Å². The summed E-state index contributed by atoms with van der Waals surface area (Å²) in [6, 6.07) is 13.9. The van der Waals surface area contributed by atoms with Crippen molar-refractivity contribution >= 4 is 35.0 Å². The van der Waals surface area contributed by atoms with Gasteiger partial charge in [-0.25, -0.2) is 0 Å². The highest BCUT2D eigenvalue weighted by Gasteiger charge is 2.28. The fourth-order valence-corrected chi connectivity index (χ4v) is 3.23. The van der Waals surface area contributed by atoms with Gasteiger partial charge in [-0.2, -0.15) is 0 Å². The van der Waals surface area contributed by atoms with Gasteiger partial charge >= 0.3 is 0 Å². The number of likely N-dealkylation sites (N-methyl/N-ethyl adjacent to an activating group) is 1. The van der Waals surface area contributed by atoms with Gasteiger partial charge in [0, 0.05) is 23.6 Å². The van der Waals surface area contributed by atoms with E-state index in [4.69, 9.17) is 23.2 Å². The Morgan fingerprint density at radius 2 is 1.85 bits per heavy atom. The molecule has 1 N–H and O–H groups in total. The first kappa shape index (κ1) is 20.3. The number of nitrogens with one attached hydrogen (secondary N) is 1. The Balaban J connectivity index is 2.30. The molecule has 0 heterocycles. The van der Waals surface area contributed by atoms with E-state index in [1.807, 2.05) is 31.2 Å². The van der Waals surface area contributed by atoms with E-state index in [1.165, 1.54) is 0 Å². The highest BCUT2D eigenvalue weighted by atomic mass is 35.5. The average molecular weight is 393 g/mol. The molecule has 0 radical (unpaired) electrons. The summed E-state index contributed by atoms with van der Waals surface area (Å²) >= 11 is 12.3. The highest BCUT2D eigenvalue weighted by Crippen LogP contribution is 2.21. The smallest absolute Gasteiger partial charge is 0.242 e. The summed E-state index contributed by atoms with van der Waals surface area (Å²) in [6.07, 6.45) is 0.671. The van der Waals surface area contributed by atoms with Crippen LogP contribution in [0, 0.1) is 0 Å². The third kappa shape index (κ3) is 5.23. The monoisotopic (exact) mass is 392 g/mol. The molecule has 0 spiro atoms. The molecule has 138 valence electrons. The predicted molar refractivity (Wildman–Crippen MR) is 105 cm³/mol. The van der Waals surface area contributed by atoms with Gasteiger partial charge in [-0.3, -0.25) is 9.59 Å². The van der Waals surface area contributed by atoms with Crippen LogP contribution in [-0.4, -0.2) is 29.8 Å². The molecule has 2 rings (SSSR count). The number of amides is 2. The number of carbonyl (C=O) groups is 2. The average Bonchev–Trinajstić information content (AvgIpc) is 2.62. The van der Waals surface area contributed by atoms with Crippen LogP contribution in [-0.2, 0) is 22.6 Å². The summed E-state index contributed by atoms with van der Waals surface area (Å²) < 4.78 is 0. The molecule has 1 atom stereocenters. The van der Waals surface area contributed by atoms with Gasteiger partial charge in [-0.15, -0.1) is 0 Å². The molecule has 0 saturated heterocycles. The maximum Gasteiger partial charge on any atom is 0.242 e. The van der Waals surface area contributed by atoms with Gasteiger partial charge in [-0.1, -0.05) is 60.5 Å². The van der Waals surface area contributed by atoms with E-state index in [-0.39, 0.29) is 24.8 Å². The van der Waals surface area contributed by atoms with Gasteiger partial charge < -0.3 is 10.2 Å². The Morgan fingerprint density at radius 1 is 1.12 bits per heavy atom. The molecule has 4 nitrogen and oxygen atoms in total. The van der Waals surface area contributed by atoms with Gasteiger partial charge in [0.15, 0.2) is 0 Å². The lowest BCUT2D eigenvalue weighted by molar-refractivity contribution is -0.140. The second kappa shape index (κ2) is 9.60. The number of carbonyl (C=O) groups excluding carboxylic acids is 2. The zero-order valence-electron chi connectivity index (χ0n) is 14.8. The van der Waals surface area contributed by atoms with Crippen LogP contribution in [0.2, 0.25) is 10.0 Å². The minimum Gasteiger partial charge on any atom is -0.357 e. The molecular weight excluding hydrogens is 371 g/mol. The molecule has 2 amide bonds. The molecule has 26 heavy (non-hydrogen) atoms. The number of rotatable bonds is 7. The van der Waals surface area contributed by atoms with Crippen molar-refractivity contribution in [3.63, 3.8) is 0 Å². The summed E-state index contributed by atoms with van der Waals surface area (Å²) in [6.45, 7) is 2.15. The zero-order valence-corrected chi connectivity index (χ0v) is 16.3. The Labute approximate surface area is 164 Å². The van der Waals surface area contributed by atoms with Crippen molar-refractivity contribution < 1.29 is 9.59 Å². The van der Waals surface area contributed by atoms with Crippen molar-refractivity contribution in [3.8, 4) is 0 Å². The molecule has 6 heteroatoms. The van der Waals surface area contributed by atoms with Crippen LogP contribution in [0.15, 0.2) is 48.5 Å². The van der Waals surface area contributed by atoms with Crippen molar-refractivity contribution in [3.05, 3.63) is 69.7 Å². The van der Waals surface area contributed by atoms with Gasteiger partial charge in [-0.05, 0) is 35.7 Å². The normalized spacial score (nSPS) is 11.7. The van der Waals surface area contributed by atoms with Gasteiger partial charge in [0.1, 0.15) is 6.04 Å². The van der Waals surface area contributed by atoms with Gasteiger partial charge in [0.25, 0.3) is 0 Å². The fourth-order valence-electron chi connectivity index (χ4n) is 2.82. The topological polar surface area (TPSA) is 49.4 Å². The van der Waals surface area contributed by atoms with Crippen LogP contribution in [0.4, 0.5) is 0 Å². The molecule has 0 bridgehead atoms. The number of hydrogen-bond donors (Lipinski definition) is 1. The predicted octanol–water partition coefficient (Wildman–Crippen LogP) is 4.09. The number of hydrogen-bond acceptors (Lipinski definition) is 2. The Morgan fingerprint density at radius 3 is 2.46 bits per heavy atom. The third-order valence-corrected chi connectivity index (χ3v) is 4.78. The third-order valence-electron chi connectivity index (χ3n) is 4.18. The van der Waals surface area contributed by atoms with E-state index in [0.29, 0.717) is 16.5 Å². The minimum atomic E-state index is -0.567. The second-order valence-electron chi connectivity index (χ2n) is 5.96. The SMILES string of the molecule is CC[C@H](C(=O)NC)N(Cc1ccccc1Cl)C(=O)Cc1cccc(Cl)c1. The van der Waals surface area contributed by atoms with Crippen LogP contribution in [0.5, 0.6) is 0 Å². The molecule has 2 aromatic carbocycles. The Hall–Kier alpha value is -2.04. The lowest BCUT2D eigenvalue weighted by Crippen LogP contribution is -2.48. The highest BCUT2D eigenvalue weighted by molar-refractivity contribution is 6.31. The van der Waals surface area contributed by atoms with Crippen molar-refractivity contribution in [1.82, 2.24) is 10.2 Å². The minimum absolute atomic E-state index is 0.150. The lowest BCUT2D eigenvalue weighted by atomic mass is 10.1. The molecule has 0 aliphatic heterocycles. The molecule has 0 unspecified atom stereocenters. The van der Waals surface area contributed by atoms with E-state index in [1.54, 1.807) is 36.2 Å². The summed E-state index contributed by atoms with van der Waals surface area (Å²) in [5, 5.41) is 3.78. The summed E-state index contributed by atoms with van der Waals surface area (Å²) in [5.41, 5.74) is 1.61. The van der Waals surface area contributed by atoms with Gasteiger partial charge in [0.05, 0.1) is 6.42 Å². The summed E-state index contributed by atoms with van der Waals surface area (Å²) in [4.78, 5) is 26.9. The number of halogens is 2. The first-order chi connectivity index (χ1) is 12.5. The van der Waals surface area contributed by atoms with Crippen LogP contribution in [0.1, 0.15) is 24.5 Å². The van der Waals surface area contributed by atoms with Gasteiger partial charge in [0.2, 0.25) is 11.8 Å². The van der Waals surface area contributed by atoms with E-state index >= 15 is 0 Å². The second-order valence-corrected chi connectivity index (χ2v) is 6.80. The summed E-state index contributed by atoms with van der Waals surface area (Å²) in [7, 11) is 1.57. The molecule has 0 fully saturated rings. The van der Waals surface area contributed by atoms with E-state index in [0.717, 1.165) is 11.1 Å². The maximum absolute atomic E-state index is 13.0. The van der Waals surface area contributed by atoms with E-state index < -0.39 is 6.04 Å². The molecule has 0 saturated carbocycles. The molecule has 0 aliphatic rings. The van der Waals surface area contributed by atoms with Crippen molar-refractivity contribution in [1.29, 1.82) is 0 Å². The Kier molecular flexibility index (Phi) is 7.49. The van der Waals surface area contributed by atoms with Crippen molar-refractivity contribution in [2.24, 2.45) is 0 Å². The maximum atomic E-state index is 13.0. The molecule has 0 aliphatic carbocycles. The lowest BCUT2D eigenvalue weighted by Gasteiger charge is -2.30. The molecular formula is C20H22Cl2N2O2. The quantitative estimate of drug-likeness (QED) is 0.771. The first-order valence-corrected chi connectivity index (χ1v) is 9.20. The number of benzene rings is 2. The first-order valence-electron chi connectivity index (χ1n) is 8.45. The van der Waals surface area contributed by atoms with E-state index in [2.05, 4.69) is 5.32 Å². The van der Waals surface area contributed by atoms with Crippen LogP contribution in [0.3, 0.4) is 0 Å². The number of nitrogens with zero attached hydrogens (tertiary/aromatic N) is 1. The summed E-state index contributed by atoms with van der Waals surface area (Å²) in [5.74, 6) is -0.346.